The van der Waals surface area contributed by atoms with E-state index < -0.39 is 0 Å². The fraction of sp³-hybridized carbons (Fsp3) is 0.474. The normalized spacial score (nSPS) is 15.3. The summed E-state index contributed by atoms with van der Waals surface area (Å²) in [5.74, 6) is 2.26. The van der Waals surface area contributed by atoms with Crippen LogP contribution >= 0.6 is 0 Å². The number of aromatic nitrogens is 2. The van der Waals surface area contributed by atoms with Crippen LogP contribution in [0.1, 0.15) is 46.0 Å². The molecule has 2 aromatic rings. The number of ether oxygens (including phenoxy) is 1. The number of para-hydroxylation sites is 2. The Morgan fingerprint density at radius 3 is 2.67 bits per heavy atom. The standard InChI is InChI=1S/C19H26N4O/c1-14(2)24-17-11-7-6-10-16(17)22-19-20-13-12-18(23-19)21-15-8-4-3-5-9-15/h6-7,10-15H,3-5,8-9H2,1-2H3,(H2,20,21,22,23). The van der Waals surface area contributed by atoms with Gasteiger partial charge in [-0.3, -0.25) is 0 Å². The first-order chi connectivity index (χ1) is 11.7. The Morgan fingerprint density at radius 2 is 1.88 bits per heavy atom. The fourth-order valence-electron chi connectivity index (χ4n) is 3.00. The maximum atomic E-state index is 5.84. The Balaban J connectivity index is 1.70. The van der Waals surface area contributed by atoms with Gasteiger partial charge in [0, 0.05) is 12.2 Å². The van der Waals surface area contributed by atoms with Gasteiger partial charge in [0.2, 0.25) is 5.95 Å². The van der Waals surface area contributed by atoms with Crippen molar-refractivity contribution in [1.82, 2.24) is 9.97 Å². The highest BCUT2D eigenvalue weighted by atomic mass is 16.5. The minimum Gasteiger partial charge on any atom is -0.489 e. The number of anilines is 3. The second-order valence-electron chi connectivity index (χ2n) is 6.53. The average molecular weight is 326 g/mol. The van der Waals surface area contributed by atoms with Gasteiger partial charge < -0.3 is 15.4 Å². The van der Waals surface area contributed by atoms with Crippen LogP contribution in [0.25, 0.3) is 0 Å². The molecule has 3 rings (SSSR count). The Kier molecular flexibility index (Phi) is 5.51. The van der Waals surface area contributed by atoms with Crippen LogP contribution in [0, 0.1) is 0 Å². The molecule has 0 spiro atoms. The van der Waals surface area contributed by atoms with E-state index in [0.717, 1.165) is 17.3 Å². The van der Waals surface area contributed by atoms with Crippen LogP contribution in [-0.2, 0) is 0 Å². The van der Waals surface area contributed by atoms with Crippen molar-refractivity contribution in [2.45, 2.75) is 58.1 Å². The number of hydrogen-bond donors (Lipinski definition) is 2. The average Bonchev–Trinajstić information content (AvgIpc) is 2.57. The van der Waals surface area contributed by atoms with Crippen molar-refractivity contribution < 1.29 is 4.74 Å². The first kappa shape index (κ1) is 16.6. The maximum absolute atomic E-state index is 5.84. The molecule has 1 heterocycles. The van der Waals surface area contributed by atoms with E-state index in [9.17, 15) is 0 Å². The van der Waals surface area contributed by atoms with E-state index >= 15 is 0 Å². The lowest BCUT2D eigenvalue weighted by molar-refractivity contribution is 0.244. The minimum atomic E-state index is 0.119. The molecule has 1 fully saturated rings. The fourth-order valence-corrected chi connectivity index (χ4v) is 3.00. The van der Waals surface area contributed by atoms with Gasteiger partial charge in [-0.15, -0.1) is 0 Å². The molecule has 0 radical (unpaired) electrons. The lowest BCUT2D eigenvalue weighted by Crippen LogP contribution is -2.23. The van der Waals surface area contributed by atoms with Gasteiger partial charge in [-0.1, -0.05) is 31.4 Å². The van der Waals surface area contributed by atoms with Gasteiger partial charge in [-0.05, 0) is 44.9 Å². The van der Waals surface area contributed by atoms with E-state index in [1.165, 1.54) is 32.1 Å². The van der Waals surface area contributed by atoms with Crippen LogP contribution in [0.5, 0.6) is 5.75 Å². The number of rotatable bonds is 6. The topological polar surface area (TPSA) is 59.1 Å². The summed E-state index contributed by atoms with van der Waals surface area (Å²) >= 11 is 0. The molecule has 5 nitrogen and oxygen atoms in total. The van der Waals surface area contributed by atoms with Crippen molar-refractivity contribution in [2.24, 2.45) is 0 Å². The second kappa shape index (κ2) is 7.99. The summed E-state index contributed by atoms with van der Waals surface area (Å²) in [4.78, 5) is 8.92. The SMILES string of the molecule is CC(C)Oc1ccccc1Nc1nccc(NC2CCCCC2)n1. The van der Waals surface area contributed by atoms with E-state index in [-0.39, 0.29) is 6.10 Å². The zero-order valence-electron chi connectivity index (χ0n) is 14.5. The van der Waals surface area contributed by atoms with Gasteiger partial charge in [0.05, 0.1) is 11.8 Å². The molecule has 1 saturated carbocycles. The molecule has 0 bridgehead atoms. The van der Waals surface area contributed by atoms with Crippen LogP contribution < -0.4 is 15.4 Å². The largest absolute Gasteiger partial charge is 0.489 e. The number of nitrogens with one attached hydrogen (secondary N) is 2. The predicted molar refractivity (Wildman–Crippen MR) is 98.0 cm³/mol. The van der Waals surface area contributed by atoms with Crippen molar-refractivity contribution in [2.75, 3.05) is 10.6 Å². The van der Waals surface area contributed by atoms with Crippen molar-refractivity contribution in [1.29, 1.82) is 0 Å². The zero-order valence-corrected chi connectivity index (χ0v) is 14.5. The molecular weight excluding hydrogens is 300 g/mol. The number of nitrogens with zero attached hydrogens (tertiary/aromatic N) is 2. The quantitative estimate of drug-likeness (QED) is 0.802. The molecule has 1 aliphatic carbocycles. The summed E-state index contributed by atoms with van der Waals surface area (Å²) in [6.07, 6.45) is 8.29. The third-order valence-electron chi connectivity index (χ3n) is 4.11. The van der Waals surface area contributed by atoms with Gasteiger partial charge in [0.15, 0.2) is 0 Å². The van der Waals surface area contributed by atoms with Crippen molar-refractivity contribution in [3.8, 4) is 5.75 Å². The zero-order chi connectivity index (χ0) is 16.8. The van der Waals surface area contributed by atoms with Gasteiger partial charge in [0.1, 0.15) is 11.6 Å². The van der Waals surface area contributed by atoms with Gasteiger partial charge in [-0.25, -0.2) is 4.98 Å². The smallest absolute Gasteiger partial charge is 0.229 e. The van der Waals surface area contributed by atoms with Crippen LogP contribution in [0.2, 0.25) is 0 Å². The summed E-state index contributed by atoms with van der Waals surface area (Å²) in [6, 6.07) is 10.3. The monoisotopic (exact) mass is 326 g/mol. The molecule has 0 amide bonds. The molecule has 5 heteroatoms. The van der Waals surface area contributed by atoms with Crippen LogP contribution in [0.4, 0.5) is 17.5 Å². The highest BCUT2D eigenvalue weighted by Gasteiger charge is 2.14. The molecule has 0 unspecified atom stereocenters. The highest BCUT2D eigenvalue weighted by molar-refractivity contribution is 5.63. The third kappa shape index (κ3) is 4.60. The Bertz CT molecular complexity index is 653. The van der Waals surface area contributed by atoms with E-state index in [1.807, 2.05) is 44.2 Å². The third-order valence-corrected chi connectivity index (χ3v) is 4.11. The van der Waals surface area contributed by atoms with Crippen LogP contribution in [0.3, 0.4) is 0 Å². The summed E-state index contributed by atoms with van der Waals surface area (Å²) < 4.78 is 5.84. The molecule has 128 valence electrons. The van der Waals surface area contributed by atoms with E-state index in [0.29, 0.717) is 12.0 Å². The second-order valence-corrected chi connectivity index (χ2v) is 6.53. The Morgan fingerprint density at radius 1 is 1.08 bits per heavy atom. The molecule has 0 atom stereocenters. The van der Waals surface area contributed by atoms with Crippen molar-refractivity contribution in [3.05, 3.63) is 36.5 Å². The number of hydrogen-bond acceptors (Lipinski definition) is 5. The lowest BCUT2D eigenvalue weighted by atomic mass is 9.95. The Hall–Kier alpha value is -2.30. The van der Waals surface area contributed by atoms with E-state index in [1.54, 1.807) is 6.20 Å². The summed E-state index contributed by atoms with van der Waals surface area (Å²) in [5.41, 5.74) is 0.876. The minimum absolute atomic E-state index is 0.119. The first-order valence-electron chi connectivity index (χ1n) is 8.83. The van der Waals surface area contributed by atoms with Gasteiger partial charge in [0.25, 0.3) is 0 Å². The molecule has 1 aliphatic rings. The summed E-state index contributed by atoms with van der Waals surface area (Å²) in [5, 5.41) is 6.80. The van der Waals surface area contributed by atoms with Crippen LogP contribution in [-0.4, -0.2) is 22.1 Å². The van der Waals surface area contributed by atoms with E-state index in [2.05, 4.69) is 20.6 Å². The van der Waals surface area contributed by atoms with Crippen molar-refractivity contribution in [3.63, 3.8) is 0 Å². The molecule has 1 aromatic carbocycles. The lowest BCUT2D eigenvalue weighted by Gasteiger charge is -2.23. The summed E-state index contributed by atoms with van der Waals surface area (Å²) in [7, 11) is 0. The number of benzene rings is 1. The molecule has 0 saturated heterocycles. The van der Waals surface area contributed by atoms with Gasteiger partial charge in [-0.2, -0.15) is 4.98 Å². The Labute approximate surface area is 143 Å². The van der Waals surface area contributed by atoms with Gasteiger partial charge >= 0.3 is 0 Å². The maximum Gasteiger partial charge on any atom is 0.229 e. The van der Waals surface area contributed by atoms with Crippen molar-refractivity contribution >= 4 is 17.5 Å². The molecule has 24 heavy (non-hydrogen) atoms. The molecule has 2 N–H and O–H groups in total. The summed E-state index contributed by atoms with van der Waals surface area (Å²) in [6.45, 7) is 4.03. The van der Waals surface area contributed by atoms with Crippen LogP contribution in [0.15, 0.2) is 36.5 Å². The first-order valence-corrected chi connectivity index (χ1v) is 8.83. The van der Waals surface area contributed by atoms with E-state index in [4.69, 9.17) is 4.74 Å². The molecular formula is C19H26N4O. The predicted octanol–water partition coefficient (Wildman–Crippen LogP) is 4.75. The molecule has 1 aromatic heterocycles. The molecule has 0 aliphatic heterocycles. The highest BCUT2D eigenvalue weighted by Crippen LogP contribution is 2.27.